The van der Waals surface area contributed by atoms with Crippen molar-refractivity contribution < 1.29 is 4.79 Å². The number of aryl methyl sites for hydroxylation is 1. The van der Waals surface area contributed by atoms with E-state index in [-0.39, 0.29) is 12.1 Å². The Morgan fingerprint density at radius 3 is 2.90 bits per heavy atom. The smallest absolute Gasteiger partial charge is 0.261 e. The zero-order chi connectivity index (χ0) is 15.2. The van der Waals surface area contributed by atoms with Crippen LogP contribution in [0.2, 0.25) is 0 Å². The van der Waals surface area contributed by atoms with Crippen molar-refractivity contribution in [3.63, 3.8) is 0 Å². The number of nitrogens with two attached hydrogens (primary N) is 1. The molecule has 1 aromatic carbocycles. The summed E-state index contributed by atoms with van der Waals surface area (Å²) in [4.78, 5) is 26.1. The minimum Gasteiger partial charge on any atom is -0.328 e. The van der Waals surface area contributed by atoms with Gasteiger partial charge in [0.15, 0.2) is 0 Å². The van der Waals surface area contributed by atoms with Crippen LogP contribution in [0.3, 0.4) is 0 Å². The average Bonchev–Trinajstić information content (AvgIpc) is 2.45. The molecule has 0 fully saturated rings. The Labute approximate surface area is 122 Å². The minimum atomic E-state index is -0.458. The van der Waals surface area contributed by atoms with Crippen LogP contribution in [0.4, 0.5) is 5.69 Å². The molecule has 0 bridgehead atoms. The molecule has 2 rings (SSSR count). The molecule has 21 heavy (non-hydrogen) atoms. The van der Waals surface area contributed by atoms with Gasteiger partial charge in [0.25, 0.3) is 11.5 Å². The summed E-state index contributed by atoms with van der Waals surface area (Å²) < 4.78 is 0. The molecule has 0 radical (unpaired) electrons. The van der Waals surface area contributed by atoms with Crippen molar-refractivity contribution in [2.24, 2.45) is 5.73 Å². The lowest BCUT2D eigenvalue weighted by atomic mass is 10.1. The van der Waals surface area contributed by atoms with E-state index in [4.69, 9.17) is 5.73 Å². The van der Waals surface area contributed by atoms with Crippen LogP contribution in [0.5, 0.6) is 0 Å². The van der Waals surface area contributed by atoms with Crippen LogP contribution in [-0.4, -0.2) is 17.4 Å². The van der Waals surface area contributed by atoms with Gasteiger partial charge in [0, 0.05) is 17.4 Å². The predicted octanol–water partition coefficient (Wildman–Crippen LogP) is 1.25. The van der Waals surface area contributed by atoms with E-state index < -0.39 is 11.5 Å². The summed E-state index contributed by atoms with van der Waals surface area (Å²) in [7, 11) is 0. The molecule has 1 heterocycles. The van der Waals surface area contributed by atoms with Crippen LogP contribution in [0.15, 0.2) is 41.3 Å². The Kier molecular flexibility index (Phi) is 4.54. The van der Waals surface area contributed by atoms with E-state index in [1.54, 1.807) is 12.1 Å². The van der Waals surface area contributed by atoms with Gasteiger partial charge in [0.05, 0.1) is 6.54 Å². The second-order valence-corrected chi connectivity index (χ2v) is 4.46. The third-order valence-electron chi connectivity index (χ3n) is 2.73. The summed E-state index contributed by atoms with van der Waals surface area (Å²) >= 11 is 0. The van der Waals surface area contributed by atoms with Crippen molar-refractivity contribution in [1.82, 2.24) is 4.98 Å². The van der Waals surface area contributed by atoms with Crippen molar-refractivity contribution in [3.8, 4) is 11.8 Å². The lowest BCUT2D eigenvalue weighted by Gasteiger charge is -2.06. The molecule has 0 aliphatic rings. The summed E-state index contributed by atoms with van der Waals surface area (Å²) in [6, 6.07) is 8.52. The lowest BCUT2D eigenvalue weighted by molar-refractivity contribution is 0.102. The minimum absolute atomic E-state index is 0.0635. The number of hydrogen-bond acceptors (Lipinski definition) is 3. The molecule has 0 saturated heterocycles. The van der Waals surface area contributed by atoms with Gasteiger partial charge in [-0.15, -0.1) is 0 Å². The average molecular weight is 281 g/mol. The summed E-state index contributed by atoms with van der Waals surface area (Å²) in [5.74, 6) is 5.22. The van der Waals surface area contributed by atoms with Crippen molar-refractivity contribution in [3.05, 3.63) is 63.6 Å². The molecule has 1 aromatic heterocycles. The second kappa shape index (κ2) is 6.55. The first-order valence-electron chi connectivity index (χ1n) is 6.40. The zero-order valence-electron chi connectivity index (χ0n) is 11.6. The molecule has 5 heteroatoms. The summed E-state index contributed by atoms with van der Waals surface area (Å²) in [5, 5.41) is 2.70. The number of rotatable bonds is 2. The third-order valence-corrected chi connectivity index (χ3v) is 2.73. The van der Waals surface area contributed by atoms with Gasteiger partial charge < -0.3 is 16.0 Å². The van der Waals surface area contributed by atoms with Gasteiger partial charge in [-0.1, -0.05) is 11.8 Å². The monoisotopic (exact) mass is 281 g/mol. The van der Waals surface area contributed by atoms with Crippen LogP contribution in [0.25, 0.3) is 0 Å². The first kappa shape index (κ1) is 14.6. The number of hydrogen-bond donors (Lipinski definition) is 3. The highest BCUT2D eigenvalue weighted by Gasteiger charge is 2.10. The number of carbonyl (C=O) groups excluding carboxylic acids is 1. The maximum Gasteiger partial charge on any atom is 0.261 e. The molecule has 106 valence electrons. The number of pyridine rings is 1. The molecular weight excluding hydrogens is 266 g/mol. The first-order chi connectivity index (χ1) is 10.1. The third kappa shape index (κ3) is 3.81. The van der Waals surface area contributed by atoms with Crippen molar-refractivity contribution in [2.45, 2.75) is 6.92 Å². The number of anilines is 1. The Morgan fingerprint density at radius 1 is 1.38 bits per heavy atom. The van der Waals surface area contributed by atoms with E-state index in [1.165, 1.54) is 12.3 Å². The van der Waals surface area contributed by atoms with Gasteiger partial charge >= 0.3 is 0 Å². The highest BCUT2D eigenvalue weighted by Crippen LogP contribution is 2.14. The molecule has 0 aliphatic carbocycles. The van der Waals surface area contributed by atoms with Crippen molar-refractivity contribution >= 4 is 11.6 Å². The molecule has 0 aliphatic heterocycles. The molecule has 2 aromatic rings. The van der Waals surface area contributed by atoms with Gasteiger partial charge in [0.1, 0.15) is 5.56 Å². The quantitative estimate of drug-likeness (QED) is 0.724. The van der Waals surface area contributed by atoms with Gasteiger partial charge in [0.2, 0.25) is 0 Å². The predicted molar refractivity (Wildman–Crippen MR) is 82.1 cm³/mol. The fourth-order valence-corrected chi connectivity index (χ4v) is 1.88. The fraction of sp³-hybridized carbons (Fsp3) is 0.125. The topological polar surface area (TPSA) is 88.0 Å². The number of carbonyl (C=O) groups is 1. The molecule has 4 N–H and O–H groups in total. The fourth-order valence-electron chi connectivity index (χ4n) is 1.88. The Bertz CT molecular complexity index is 782. The largest absolute Gasteiger partial charge is 0.328 e. The first-order valence-corrected chi connectivity index (χ1v) is 6.40. The number of amides is 1. The SMILES string of the molecule is Cc1cc(C#CCN)cc(NC(=O)c2ccc[nH]c2=O)c1. The van der Waals surface area contributed by atoms with Gasteiger partial charge in [-0.25, -0.2) is 0 Å². The standard InChI is InChI=1S/C16H15N3O2/c1-11-8-12(4-2-6-17)10-13(9-11)19-16(21)14-5-3-7-18-15(14)20/h3,5,7-10H,6,17H2,1H3,(H,18,20)(H,19,21). The van der Waals surface area contributed by atoms with Crippen molar-refractivity contribution in [2.75, 3.05) is 11.9 Å². The zero-order valence-corrected chi connectivity index (χ0v) is 11.6. The van der Waals surface area contributed by atoms with Gasteiger partial charge in [-0.3, -0.25) is 9.59 Å². The van der Waals surface area contributed by atoms with E-state index in [2.05, 4.69) is 22.1 Å². The van der Waals surface area contributed by atoms with Crippen LogP contribution >= 0.6 is 0 Å². The summed E-state index contributed by atoms with van der Waals surface area (Å²) in [6.45, 7) is 2.17. The van der Waals surface area contributed by atoms with E-state index in [1.807, 2.05) is 19.1 Å². The molecular formula is C16H15N3O2. The maximum absolute atomic E-state index is 12.1. The Balaban J connectivity index is 2.27. The van der Waals surface area contributed by atoms with E-state index >= 15 is 0 Å². The van der Waals surface area contributed by atoms with Crippen LogP contribution in [0.1, 0.15) is 21.5 Å². The number of aromatic amines is 1. The lowest BCUT2D eigenvalue weighted by Crippen LogP contribution is -2.22. The molecule has 0 saturated carbocycles. The highest BCUT2D eigenvalue weighted by atomic mass is 16.2. The van der Waals surface area contributed by atoms with E-state index in [0.717, 1.165) is 11.1 Å². The van der Waals surface area contributed by atoms with E-state index in [9.17, 15) is 9.59 Å². The van der Waals surface area contributed by atoms with Gasteiger partial charge in [-0.05, 0) is 42.8 Å². The van der Waals surface area contributed by atoms with Crippen LogP contribution < -0.4 is 16.6 Å². The van der Waals surface area contributed by atoms with E-state index in [0.29, 0.717) is 5.69 Å². The molecule has 0 spiro atoms. The highest BCUT2D eigenvalue weighted by molar-refractivity contribution is 6.04. The second-order valence-electron chi connectivity index (χ2n) is 4.46. The number of benzene rings is 1. The molecule has 1 amide bonds. The molecule has 0 unspecified atom stereocenters. The maximum atomic E-state index is 12.1. The Morgan fingerprint density at radius 2 is 2.19 bits per heavy atom. The normalized spacial score (nSPS) is 9.62. The molecule has 0 atom stereocenters. The van der Waals surface area contributed by atoms with Crippen LogP contribution in [-0.2, 0) is 0 Å². The Hall–Kier alpha value is -2.84. The van der Waals surface area contributed by atoms with Crippen molar-refractivity contribution in [1.29, 1.82) is 0 Å². The molecule has 5 nitrogen and oxygen atoms in total. The van der Waals surface area contributed by atoms with Crippen LogP contribution in [0, 0.1) is 18.8 Å². The summed E-state index contributed by atoms with van der Waals surface area (Å²) in [6.07, 6.45) is 1.48. The number of nitrogens with one attached hydrogen (secondary N) is 2. The summed E-state index contributed by atoms with van der Waals surface area (Å²) in [5.41, 5.74) is 7.29. The number of aromatic nitrogens is 1. The number of H-pyrrole nitrogens is 1. The van der Waals surface area contributed by atoms with Gasteiger partial charge in [-0.2, -0.15) is 0 Å².